The number of hydrogen-bond acceptors (Lipinski definition) is 5. The Morgan fingerprint density at radius 2 is 1.77 bits per heavy atom. The first kappa shape index (κ1) is 18.3. The molecule has 0 spiro atoms. The van der Waals surface area contributed by atoms with Crippen molar-refractivity contribution in [2.24, 2.45) is 0 Å². The van der Waals surface area contributed by atoms with Crippen LogP contribution in [0.3, 0.4) is 0 Å². The van der Waals surface area contributed by atoms with E-state index in [-0.39, 0.29) is 11.5 Å². The molecule has 0 bridgehead atoms. The van der Waals surface area contributed by atoms with Gasteiger partial charge in [-0.1, -0.05) is 48.5 Å². The predicted octanol–water partition coefficient (Wildman–Crippen LogP) is 2.67. The highest BCUT2D eigenvalue weighted by Crippen LogP contribution is 2.17. The number of nitrogens with zero attached hydrogens (tertiary/aromatic N) is 4. The second-order valence-corrected chi connectivity index (χ2v) is 7.37. The van der Waals surface area contributed by atoms with Crippen LogP contribution < -0.4 is 5.63 Å². The quantitative estimate of drug-likeness (QED) is 0.494. The molecule has 30 heavy (non-hydrogen) atoms. The van der Waals surface area contributed by atoms with Gasteiger partial charge in [0.2, 0.25) is 0 Å². The zero-order chi connectivity index (χ0) is 20.5. The Kier molecular flexibility index (Phi) is 4.63. The lowest BCUT2D eigenvalue weighted by Gasteiger charge is -2.19. The summed E-state index contributed by atoms with van der Waals surface area (Å²) in [6.45, 7) is 1.56. The van der Waals surface area contributed by atoms with Gasteiger partial charge in [0.25, 0.3) is 5.91 Å². The number of aromatic nitrogens is 3. The molecule has 2 aromatic heterocycles. The van der Waals surface area contributed by atoms with Crippen LogP contribution in [0.15, 0.2) is 69.9 Å². The average molecular weight is 400 g/mol. The van der Waals surface area contributed by atoms with Gasteiger partial charge < -0.3 is 13.9 Å². The Hall–Kier alpha value is -3.74. The van der Waals surface area contributed by atoms with Crippen LogP contribution in [-0.4, -0.2) is 38.7 Å². The maximum atomic E-state index is 13.1. The van der Waals surface area contributed by atoms with Gasteiger partial charge in [-0.3, -0.25) is 4.79 Å². The summed E-state index contributed by atoms with van der Waals surface area (Å²) in [4.78, 5) is 27.2. The third-order valence-electron chi connectivity index (χ3n) is 5.47. The van der Waals surface area contributed by atoms with E-state index in [2.05, 4.69) is 26.9 Å². The van der Waals surface area contributed by atoms with Crippen LogP contribution in [0.25, 0.3) is 11.0 Å². The number of benzene rings is 2. The van der Waals surface area contributed by atoms with Crippen molar-refractivity contribution < 1.29 is 9.21 Å². The first-order valence-electron chi connectivity index (χ1n) is 9.96. The lowest BCUT2D eigenvalue weighted by atomic mass is 10.1. The summed E-state index contributed by atoms with van der Waals surface area (Å²) in [6.07, 6.45) is 1.28. The fourth-order valence-electron chi connectivity index (χ4n) is 3.88. The molecule has 0 atom stereocenters. The van der Waals surface area contributed by atoms with Gasteiger partial charge in [-0.2, -0.15) is 0 Å². The summed E-state index contributed by atoms with van der Waals surface area (Å²) in [5, 5.41) is 9.42. The van der Waals surface area contributed by atoms with E-state index >= 15 is 0 Å². The molecular weight excluding hydrogens is 380 g/mol. The third kappa shape index (κ3) is 3.39. The van der Waals surface area contributed by atoms with E-state index in [1.54, 1.807) is 23.1 Å². The molecule has 1 amide bonds. The molecule has 2 aromatic carbocycles. The SMILES string of the molecule is O=C(c1cc2ccccc2oc1=O)N1CCc2nnc(Cc3ccccc3)n2CC1. The molecule has 0 saturated carbocycles. The van der Waals surface area contributed by atoms with E-state index in [0.29, 0.717) is 38.1 Å². The first-order chi connectivity index (χ1) is 14.7. The number of hydrogen-bond donors (Lipinski definition) is 0. The molecule has 1 aliphatic heterocycles. The largest absolute Gasteiger partial charge is 0.422 e. The lowest BCUT2D eigenvalue weighted by molar-refractivity contribution is 0.0754. The van der Waals surface area contributed by atoms with Crippen molar-refractivity contribution >= 4 is 16.9 Å². The van der Waals surface area contributed by atoms with Crippen molar-refractivity contribution in [2.75, 3.05) is 13.1 Å². The number of carbonyl (C=O) groups is 1. The van der Waals surface area contributed by atoms with E-state index < -0.39 is 5.63 Å². The van der Waals surface area contributed by atoms with E-state index in [4.69, 9.17) is 4.42 Å². The topological polar surface area (TPSA) is 81.2 Å². The van der Waals surface area contributed by atoms with Crippen molar-refractivity contribution in [1.82, 2.24) is 19.7 Å². The van der Waals surface area contributed by atoms with Crippen LogP contribution in [0, 0.1) is 0 Å². The van der Waals surface area contributed by atoms with E-state index in [1.807, 2.05) is 30.3 Å². The molecule has 0 radical (unpaired) electrons. The third-order valence-corrected chi connectivity index (χ3v) is 5.47. The van der Waals surface area contributed by atoms with Crippen molar-refractivity contribution in [1.29, 1.82) is 0 Å². The summed E-state index contributed by atoms with van der Waals surface area (Å²) in [7, 11) is 0. The second-order valence-electron chi connectivity index (χ2n) is 7.37. The zero-order valence-electron chi connectivity index (χ0n) is 16.3. The summed E-state index contributed by atoms with van der Waals surface area (Å²) in [5.41, 5.74) is 1.10. The highest BCUT2D eigenvalue weighted by Gasteiger charge is 2.25. The average Bonchev–Trinajstić information content (AvgIpc) is 3.01. The van der Waals surface area contributed by atoms with Crippen LogP contribution in [-0.2, 0) is 19.4 Å². The normalized spacial score (nSPS) is 13.8. The fraction of sp³-hybridized carbons (Fsp3) is 0.217. The Morgan fingerprint density at radius 3 is 2.63 bits per heavy atom. The van der Waals surface area contributed by atoms with Crippen molar-refractivity contribution in [3.05, 3.63) is 93.9 Å². The zero-order valence-corrected chi connectivity index (χ0v) is 16.3. The maximum absolute atomic E-state index is 13.1. The number of fused-ring (bicyclic) bond motifs is 2. The van der Waals surface area contributed by atoms with Crippen molar-refractivity contribution in [3.8, 4) is 0 Å². The molecular formula is C23H20N4O3. The Bertz CT molecular complexity index is 1280. The molecule has 0 N–H and O–H groups in total. The minimum Gasteiger partial charge on any atom is -0.422 e. The number of carbonyl (C=O) groups excluding carboxylic acids is 1. The van der Waals surface area contributed by atoms with Gasteiger partial charge in [0, 0.05) is 37.9 Å². The maximum Gasteiger partial charge on any atom is 0.349 e. The van der Waals surface area contributed by atoms with Gasteiger partial charge in [0.05, 0.1) is 0 Å². The fourth-order valence-corrected chi connectivity index (χ4v) is 3.88. The van der Waals surface area contributed by atoms with Crippen LogP contribution in [0.4, 0.5) is 0 Å². The molecule has 5 rings (SSSR count). The van der Waals surface area contributed by atoms with Crippen LogP contribution in [0.2, 0.25) is 0 Å². The van der Waals surface area contributed by atoms with Gasteiger partial charge in [-0.25, -0.2) is 4.79 Å². The van der Waals surface area contributed by atoms with Crippen LogP contribution >= 0.6 is 0 Å². The molecule has 7 heteroatoms. The van der Waals surface area contributed by atoms with E-state index in [1.165, 1.54) is 5.56 Å². The molecule has 0 unspecified atom stereocenters. The smallest absolute Gasteiger partial charge is 0.349 e. The van der Waals surface area contributed by atoms with Crippen LogP contribution in [0.1, 0.15) is 27.6 Å². The monoisotopic (exact) mass is 400 g/mol. The molecule has 0 fully saturated rings. The standard InChI is InChI=1S/C23H20N4O3/c28-22(18-15-17-8-4-5-9-19(17)30-23(18)29)26-11-10-20-24-25-21(27(20)13-12-26)14-16-6-2-1-3-7-16/h1-9,15H,10-14H2. The van der Waals surface area contributed by atoms with Crippen LogP contribution in [0.5, 0.6) is 0 Å². The number of rotatable bonds is 3. The molecule has 3 heterocycles. The molecule has 4 aromatic rings. The second kappa shape index (κ2) is 7.59. The summed E-state index contributed by atoms with van der Waals surface area (Å²) < 4.78 is 7.42. The van der Waals surface area contributed by atoms with E-state index in [9.17, 15) is 9.59 Å². The highest BCUT2D eigenvalue weighted by atomic mass is 16.4. The Labute approximate surface area is 172 Å². The molecule has 0 saturated heterocycles. The number of para-hydroxylation sites is 1. The van der Waals surface area contributed by atoms with Gasteiger partial charge >= 0.3 is 5.63 Å². The summed E-state index contributed by atoms with van der Waals surface area (Å²) in [6, 6.07) is 18.9. The van der Waals surface area contributed by atoms with Gasteiger partial charge in [-0.05, 0) is 17.7 Å². The Balaban J connectivity index is 1.37. The number of amides is 1. The minimum absolute atomic E-state index is 0.0656. The summed E-state index contributed by atoms with van der Waals surface area (Å²) >= 11 is 0. The Morgan fingerprint density at radius 1 is 0.967 bits per heavy atom. The lowest BCUT2D eigenvalue weighted by Crippen LogP contribution is -2.36. The summed E-state index contributed by atoms with van der Waals surface area (Å²) in [5.74, 6) is 1.44. The minimum atomic E-state index is -0.605. The van der Waals surface area contributed by atoms with E-state index in [0.717, 1.165) is 17.0 Å². The highest BCUT2D eigenvalue weighted by molar-refractivity contribution is 5.96. The van der Waals surface area contributed by atoms with Crippen molar-refractivity contribution in [3.63, 3.8) is 0 Å². The predicted molar refractivity (Wildman–Crippen MR) is 111 cm³/mol. The van der Waals surface area contributed by atoms with Gasteiger partial charge in [0.15, 0.2) is 0 Å². The van der Waals surface area contributed by atoms with Gasteiger partial charge in [-0.15, -0.1) is 10.2 Å². The van der Waals surface area contributed by atoms with Crippen molar-refractivity contribution in [2.45, 2.75) is 19.4 Å². The first-order valence-corrected chi connectivity index (χ1v) is 9.96. The molecule has 0 aliphatic carbocycles. The molecule has 150 valence electrons. The van der Waals surface area contributed by atoms with Gasteiger partial charge in [0.1, 0.15) is 22.8 Å². The molecule has 1 aliphatic rings. The molecule has 7 nitrogen and oxygen atoms in total.